The van der Waals surface area contributed by atoms with Crippen LogP contribution in [0.15, 0.2) is 24.3 Å². The smallest absolute Gasteiger partial charge is 0.185 e. The van der Waals surface area contributed by atoms with Gasteiger partial charge in [-0.25, -0.2) is 4.52 Å². The van der Waals surface area contributed by atoms with Crippen molar-refractivity contribution in [2.24, 2.45) is 5.41 Å². The predicted molar refractivity (Wildman–Crippen MR) is 103 cm³/mol. The molecule has 0 bridgehead atoms. The van der Waals surface area contributed by atoms with Gasteiger partial charge in [0.15, 0.2) is 17.1 Å². The van der Waals surface area contributed by atoms with E-state index in [1.807, 2.05) is 28.8 Å². The zero-order chi connectivity index (χ0) is 19.3. The number of ether oxygens (including phenoxy) is 1. The topological polar surface area (TPSA) is 69.4 Å². The molecule has 0 saturated heterocycles. The molecule has 6 heteroatoms. The lowest BCUT2D eigenvalue weighted by Crippen LogP contribution is -2.30. The normalized spacial score (nSPS) is 16.0. The summed E-state index contributed by atoms with van der Waals surface area (Å²) in [5.74, 6) is 1.06. The molecule has 0 fully saturated rings. The Kier molecular flexibility index (Phi) is 4.02. The molecule has 1 aliphatic rings. The third-order valence-electron chi connectivity index (χ3n) is 5.14. The lowest BCUT2D eigenvalue weighted by atomic mass is 9.77. The number of fused-ring (bicyclic) bond motifs is 3. The summed E-state index contributed by atoms with van der Waals surface area (Å²) in [7, 11) is 1.65. The molecule has 0 amide bonds. The molecular formula is C21H24N4O2. The van der Waals surface area contributed by atoms with Crippen LogP contribution in [-0.4, -0.2) is 32.7 Å². The second kappa shape index (κ2) is 6.15. The van der Waals surface area contributed by atoms with Crippen LogP contribution in [0.2, 0.25) is 0 Å². The predicted octanol–water partition coefficient (Wildman–Crippen LogP) is 4.08. The maximum Gasteiger partial charge on any atom is 0.185 e. The van der Waals surface area contributed by atoms with Crippen molar-refractivity contribution in [3.05, 3.63) is 41.3 Å². The first kappa shape index (κ1) is 17.6. The van der Waals surface area contributed by atoms with E-state index in [0.717, 1.165) is 34.7 Å². The second-order valence-electron chi connectivity index (χ2n) is 8.32. The Morgan fingerprint density at radius 3 is 2.44 bits per heavy atom. The van der Waals surface area contributed by atoms with E-state index in [9.17, 15) is 4.79 Å². The molecule has 0 spiro atoms. The van der Waals surface area contributed by atoms with Crippen LogP contribution in [0.3, 0.4) is 0 Å². The summed E-state index contributed by atoms with van der Waals surface area (Å²) in [5.41, 5.74) is 4.86. The van der Waals surface area contributed by atoms with Gasteiger partial charge in [0.2, 0.25) is 0 Å². The van der Waals surface area contributed by atoms with Crippen molar-refractivity contribution < 1.29 is 9.53 Å². The summed E-state index contributed by atoms with van der Waals surface area (Å²) in [6, 6.07) is 7.89. The average Bonchev–Trinajstić information content (AvgIpc) is 3.01. The summed E-state index contributed by atoms with van der Waals surface area (Å²) < 4.78 is 7.12. The zero-order valence-corrected chi connectivity index (χ0v) is 16.4. The van der Waals surface area contributed by atoms with Crippen molar-refractivity contribution in [2.75, 3.05) is 7.11 Å². The number of ketones is 1. The van der Waals surface area contributed by atoms with Crippen LogP contribution in [-0.2, 0) is 6.42 Å². The van der Waals surface area contributed by atoms with E-state index < -0.39 is 0 Å². The Labute approximate surface area is 158 Å². The Balaban J connectivity index is 1.99. The van der Waals surface area contributed by atoms with Crippen LogP contribution in [0.5, 0.6) is 5.75 Å². The van der Waals surface area contributed by atoms with E-state index in [1.54, 1.807) is 7.11 Å². The monoisotopic (exact) mass is 364 g/mol. The second-order valence-corrected chi connectivity index (χ2v) is 8.32. The van der Waals surface area contributed by atoms with Crippen molar-refractivity contribution >= 4 is 11.4 Å². The first-order valence-corrected chi connectivity index (χ1v) is 9.26. The van der Waals surface area contributed by atoms with Crippen LogP contribution in [0, 0.1) is 5.41 Å². The van der Waals surface area contributed by atoms with Crippen LogP contribution in [0.4, 0.5) is 0 Å². The Bertz CT molecular complexity index is 1030. The Hall–Kier alpha value is -2.76. The highest BCUT2D eigenvalue weighted by Gasteiger charge is 2.35. The fourth-order valence-electron chi connectivity index (χ4n) is 3.81. The molecule has 140 valence electrons. The van der Waals surface area contributed by atoms with Crippen molar-refractivity contribution in [3.63, 3.8) is 0 Å². The molecule has 27 heavy (non-hydrogen) atoms. The van der Waals surface area contributed by atoms with E-state index in [2.05, 4.69) is 37.9 Å². The highest BCUT2D eigenvalue weighted by Crippen LogP contribution is 2.37. The van der Waals surface area contributed by atoms with E-state index in [-0.39, 0.29) is 17.1 Å². The summed E-state index contributed by atoms with van der Waals surface area (Å²) in [6.07, 6.45) is 1.24. The molecular weight excluding hydrogens is 340 g/mol. The molecule has 3 aromatic rings. The van der Waals surface area contributed by atoms with Gasteiger partial charge in [-0.1, -0.05) is 39.8 Å². The molecule has 0 unspecified atom stereocenters. The van der Waals surface area contributed by atoms with E-state index >= 15 is 0 Å². The van der Waals surface area contributed by atoms with Gasteiger partial charge in [-0.15, -0.1) is 10.2 Å². The average molecular weight is 364 g/mol. The summed E-state index contributed by atoms with van der Waals surface area (Å²) >= 11 is 0. The van der Waals surface area contributed by atoms with E-state index in [0.29, 0.717) is 17.8 Å². The molecule has 0 radical (unpaired) electrons. The van der Waals surface area contributed by atoms with Gasteiger partial charge >= 0.3 is 0 Å². The fourth-order valence-corrected chi connectivity index (χ4v) is 3.81. The number of hydrogen-bond acceptors (Lipinski definition) is 5. The third kappa shape index (κ3) is 2.89. The molecule has 1 aliphatic carbocycles. The number of carbonyl (C=O) groups is 1. The number of nitrogens with zero attached hydrogens (tertiary/aromatic N) is 4. The third-order valence-corrected chi connectivity index (χ3v) is 5.14. The maximum atomic E-state index is 12.6. The van der Waals surface area contributed by atoms with Crippen molar-refractivity contribution in [1.29, 1.82) is 0 Å². The number of rotatable bonds is 3. The highest BCUT2D eigenvalue weighted by atomic mass is 16.5. The van der Waals surface area contributed by atoms with Gasteiger partial charge in [0.25, 0.3) is 0 Å². The van der Waals surface area contributed by atoms with Gasteiger partial charge in [-0.3, -0.25) is 4.79 Å². The molecule has 0 N–H and O–H groups in total. The van der Waals surface area contributed by atoms with E-state index in [4.69, 9.17) is 9.84 Å². The van der Waals surface area contributed by atoms with Crippen LogP contribution >= 0.6 is 0 Å². The molecule has 4 rings (SSSR count). The van der Waals surface area contributed by atoms with Gasteiger partial charge in [0, 0.05) is 6.42 Å². The summed E-state index contributed by atoms with van der Waals surface area (Å²) in [5, 5.41) is 13.6. The Morgan fingerprint density at radius 1 is 1.11 bits per heavy atom. The van der Waals surface area contributed by atoms with Gasteiger partial charge in [0.1, 0.15) is 5.75 Å². The maximum absolute atomic E-state index is 12.6. The molecule has 2 heterocycles. The molecule has 1 aromatic carbocycles. The van der Waals surface area contributed by atoms with Gasteiger partial charge in [0.05, 0.1) is 24.1 Å². The number of methoxy groups -OCH3 is 1. The van der Waals surface area contributed by atoms with Crippen LogP contribution in [0.1, 0.15) is 61.9 Å². The first-order chi connectivity index (χ1) is 12.8. The lowest BCUT2D eigenvalue weighted by Gasteiger charge is -2.29. The van der Waals surface area contributed by atoms with Gasteiger partial charge in [-0.05, 0) is 35.4 Å². The number of carbonyl (C=O) groups excluding carboxylic acids is 1. The molecule has 2 aromatic heterocycles. The van der Waals surface area contributed by atoms with Crippen LogP contribution < -0.4 is 4.74 Å². The number of Topliss-reactive ketones (excluding diaryl/α,β-unsaturated/α-hetero) is 1. The van der Waals surface area contributed by atoms with E-state index in [1.165, 1.54) is 0 Å². The first-order valence-electron chi connectivity index (χ1n) is 9.26. The molecule has 0 saturated carbocycles. The summed E-state index contributed by atoms with van der Waals surface area (Å²) in [6.45, 7) is 8.45. The quantitative estimate of drug-likeness (QED) is 0.700. The zero-order valence-electron chi connectivity index (χ0n) is 16.4. The number of hydrogen-bond donors (Lipinski definition) is 0. The fraction of sp³-hybridized carbons (Fsp3) is 0.429. The standard InChI is InChI=1S/C21H24N4O2/c1-12(2)18-17(13-6-8-14(27-5)9-7-13)20-23-22-19-15(25(20)24-18)10-21(3,4)11-16(19)26/h6-9,12H,10-11H2,1-5H3. The Morgan fingerprint density at radius 2 is 1.81 bits per heavy atom. The lowest BCUT2D eigenvalue weighted by molar-refractivity contribution is 0.0901. The number of benzene rings is 1. The van der Waals surface area contributed by atoms with Crippen molar-refractivity contribution in [3.8, 4) is 16.9 Å². The number of aromatic nitrogens is 4. The van der Waals surface area contributed by atoms with Gasteiger partial charge < -0.3 is 4.74 Å². The largest absolute Gasteiger partial charge is 0.497 e. The van der Waals surface area contributed by atoms with Crippen molar-refractivity contribution in [2.45, 2.75) is 46.5 Å². The minimum absolute atomic E-state index is 0.0447. The van der Waals surface area contributed by atoms with Gasteiger partial charge in [-0.2, -0.15) is 5.10 Å². The molecule has 0 atom stereocenters. The SMILES string of the molecule is COc1ccc(-c2c(C(C)C)nn3c4c(nnc23)C(=O)CC(C)(C)C4)cc1. The van der Waals surface area contributed by atoms with Crippen molar-refractivity contribution in [1.82, 2.24) is 19.8 Å². The minimum atomic E-state index is -0.107. The van der Waals surface area contributed by atoms with Crippen LogP contribution in [0.25, 0.3) is 16.8 Å². The summed E-state index contributed by atoms with van der Waals surface area (Å²) in [4.78, 5) is 12.6. The highest BCUT2D eigenvalue weighted by molar-refractivity contribution is 5.97. The minimum Gasteiger partial charge on any atom is -0.497 e. The molecule has 6 nitrogen and oxygen atoms in total. The molecule has 0 aliphatic heterocycles.